The zero-order valence-electron chi connectivity index (χ0n) is 14.1. The molecule has 0 saturated heterocycles. The number of ether oxygens (including phenoxy) is 1. The number of rotatable bonds is 6. The topological polar surface area (TPSA) is 81.4 Å². The fourth-order valence-electron chi connectivity index (χ4n) is 2.37. The molecule has 3 rings (SSSR count). The van der Waals surface area contributed by atoms with Gasteiger partial charge in [-0.05, 0) is 44.2 Å². The molecule has 2 aromatic heterocycles. The fourth-order valence-corrected chi connectivity index (χ4v) is 4.17. The number of methoxy groups -OCH3 is 1. The molecule has 0 saturated carbocycles. The first-order valence-electron chi connectivity index (χ1n) is 7.54. The molecular weight excluding hydrogens is 360 g/mol. The van der Waals surface area contributed by atoms with Crippen LogP contribution in [0.4, 0.5) is 0 Å². The van der Waals surface area contributed by atoms with Crippen LogP contribution in [0.5, 0.6) is 5.75 Å². The summed E-state index contributed by atoms with van der Waals surface area (Å²) in [6.07, 6.45) is 0. The molecule has 0 spiro atoms. The average Bonchev–Trinajstić information content (AvgIpc) is 3.21. The van der Waals surface area contributed by atoms with E-state index in [1.807, 2.05) is 12.3 Å². The molecule has 0 amide bonds. The molecule has 8 heteroatoms. The summed E-state index contributed by atoms with van der Waals surface area (Å²) in [5, 5.41) is 2.81. The number of aryl methyl sites for hydroxylation is 2. The lowest BCUT2D eigenvalue weighted by Crippen LogP contribution is -2.23. The van der Waals surface area contributed by atoms with Crippen LogP contribution in [-0.2, 0) is 16.6 Å². The number of nitrogens with one attached hydrogen (secondary N) is 1. The first-order chi connectivity index (χ1) is 11.9. The van der Waals surface area contributed by atoms with E-state index in [4.69, 9.17) is 9.15 Å². The SMILES string of the molecule is COc1ccc(-c2csc(C)n2)cc1S(=O)(=O)NCc1ccc(C)o1. The van der Waals surface area contributed by atoms with Crippen LogP contribution in [-0.4, -0.2) is 20.5 Å². The number of hydrogen-bond donors (Lipinski definition) is 1. The van der Waals surface area contributed by atoms with Gasteiger partial charge in [-0.1, -0.05) is 0 Å². The van der Waals surface area contributed by atoms with Crippen molar-refractivity contribution in [2.75, 3.05) is 7.11 Å². The predicted octanol–water partition coefficient (Wildman–Crippen LogP) is 3.51. The second-order valence-electron chi connectivity index (χ2n) is 5.45. The molecule has 2 heterocycles. The molecule has 0 aliphatic carbocycles. The highest BCUT2D eigenvalue weighted by molar-refractivity contribution is 7.89. The zero-order chi connectivity index (χ0) is 18.0. The normalized spacial score (nSPS) is 11.6. The standard InChI is InChI=1S/C17H18N2O4S2/c1-11-4-6-14(23-11)9-18-25(20,21)17-8-13(5-7-16(17)22-3)15-10-24-12(2)19-15/h4-8,10,18H,9H2,1-3H3. The minimum Gasteiger partial charge on any atom is -0.495 e. The van der Waals surface area contributed by atoms with Crippen molar-refractivity contribution in [3.05, 3.63) is 52.2 Å². The summed E-state index contributed by atoms with van der Waals surface area (Å²) in [6.45, 7) is 3.78. The van der Waals surface area contributed by atoms with Gasteiger partial charge in [-0.15, -0.1) is 11.3 Å². The van der Waals surface area contributed by atoms with Gasteiger partial charge in [-0.2, -0.15) is 0 Å². The molecule has 6 nitrogen and oxygen atoms in total. The van der Waals surface area contributed by atoms with Gasteiger partial charge in [0.05, 0.1) is 24.4 Å². The second-order valence-corrected chi connectivity index (χ2v) is 8.25. The van der Waals surface area contributed by atoms with E-state index in [1.54, 1.807) is 37.3 Å². The Hall–Kier alpha value is -2.16. The zero-order valence-corrected chi connectivity index (χ0v) is 15.7. The van der Waals surface area contributed by atoms with E-state index < -0.39 is 10.0 Å². The van der Waals surface area contributed by atoms with Crippen molar-refractivity contribution in [1.82, 2.24) is 9.71 Å². The van der Waals surface area contributed by atoms with Crippen LogP contribution in [0, 0.1) is 13.8 Å². The molecule has 0 unspecified atom stereocenters. The molecule has 0 fully saturated rings. The van der Waals surface area contributed by atoms with Crippen molar-refractivity contribution in [2.24, 2.45) is 0 Å². The van der Waals surface area contributed by atoms with Gasteiger partial charge < -0.3 is 9.15 Å². The highest BCUT2D eigenvalue weighted by atomic mass is 32.2. The van der Waals surface area contributed by atoms with Gasteiger partial charge in [-0.3, -0.25) is 0 Å². The largest absolute Gasteiger partial charge is 0.495 e. The summed E-state index contributed by atoms with van der Waals surface area (Å²) in [5.74, 6) is 1.55. The lowest BCUT2D eigenvalue weighted by Gasteiger charge is -2.11. The van der Waals surface area contributed by atoms with Gasteiger partial charge in [-0.25, -0.2) is 18.1 Å². The number of sulfonamides is 1. The summed E-state index contributed by atoms with van der Waals surface area (Å²) in [5.41, 5.74) is 1.46. The third-order valence-corrected chi connectivity index (χ3v) is 5.80. The Morgan fingerprint density at radius 1 is 1.24 bits per heavy atom. The van der Waals surface area contributed by atoms with Crippen molar-refractivity contribution in [1.29, 1.82) is 0 Å². The Balaban J connectivity index is 1.92. The lowest BCUT2D eigenvalue weighted by molar-refractivity contribution is 0.402. The Bertz CT molecular complexity index is 990. The van der Waals surface area contributed by atoms with Gasteiger partial charge in [0.25, 0.3) is 0 Å². The quantitative estimate of drug-likeness (QED) is 0.710. The van der Waals surface area contributed by atoms with Crippen LogP contribution in [0.2, 0.25) is 0 Å². The summed E-state index contributed by atoms with van der Waals surface area (Å²) in [4.78, 5) is 4.47. The van der Waals surface area contributed by atoms with Gasteiger partial charge in [0, 0.05) is 10.9 Å². The van der Waals surface area contributed by atoms with Gasteiger partial charge in [0.2, 0.25) is 10.0 Å². The van der Waals surface area contributed by atoms with Crippen LogP contribution < -0.4 is 9.46 Å². The number of hydrogen-bond acceptors (Lipinski definition) is 6. The molecule has 0 atom stereocenters. The van der Waals surface area contributed by atoms with Crippen LogP contribution in [0.1, 0.15) is 16.5 Å². The molecule has 3 aromatic rings. The average molecular weight is 378 g/mol. The smallest absolute Gasteiger partial charge is 0.244 e. The Kier molecular flexibility index (Phi) is 4.94. The van der Waals surface area contributed by atoms with Crippen LogP contribution >= 0.6 is 11.3 Å². The van der Waals surface area contributed by atoms with Crippen molar-refractivity contribution in [2.45, 2.75) is 25.3 Å². The van der Waals surface area contributed by atoms with Crippen LogP contribution in [0.3, 0.4) is 0 Å². The minimum atomic E-state index is -3.78. The van der Waals surface area contributed by atoms with Gasteiger partial charge in [0.1, 0.15) is 22.2 Å². The van der Waals surface area contributed by atoms with E-state index in [-0.39, 0.29) is 17.2 Å². The number of thiazole rings is 1. The highest BCUT2D eigenvalue weighted by Crippen LogP contribution is 2.30. The molecule has 0 bridgehead atoms. The maximum atomic E-state index is 12.7. The minimum absolute atomic E-state index is 0.0688. The Morgan fingerprint density at radius 3 is 2.64 bits per heavy atom. The third-order valence-electron chi connectivity index (χ3n) is 3.60. The highest BCUT2D eigenvalue weighted by Gasteiger charge is 2.21. The predicted molar refractivity (Wildman–Crippen MR) is 96.3 cm³/mol. The molecule has 132 valence electrons. The molecule has 1 N–H and O–H groups in total. The lowest BCUT2D eigenvalue weighted by atomic mass is 10.2. The summed E-state index contributed by atoms with van der Waals surface area (Å²) in [6, 6.07) is 8.53. The van der Waals surface area contributed by atoms with Crippen molar-refractivity contribution in [3.8, 4) is 17.0 Å². The van der Waals surface area contributed by atoms with E-state index >= 15 is 0 Å². The number of nitrogens with zero attached hydrogens (tertiary/aromatic N) is 1. The first-order valence-corrected chi connectivity index (χ1v) is 9.91. The van der Waals surface area contributed by atoms with Gasteiger partial charge >= 0.3 is 0 Å². The van der Waals surface area contributed by atoms with E-state index in [9.17, 15) is 8.42 Å². The van der Waals surface area contributed by atoms with Crippen molar-refractivity contribution < 1.29 is 17.6 Å². The van der Waals surface area contributed by atoms with Crippen molar-refractivity contribution in [3.63, 3.8) is 0 Å². The maximum Gasteiger partial charge on any atom is 0.244 e. The number of furan rings is 1. The monoisotopic (exact) mass is 378 g/mol. The van der Waals surface area contributed by atoms with E-state index in [0.29, 0.717) is 5.76 Å². The van der Waals surface area contributed by atoms with E-state index in [1.165, 1.54) is 18.4 Å². The molecular formula is C17H18N2O4S2. The maximum absolute atomic E-state index is 12.7. The molecule has 25 heavy (non-hydrogen) atoms. The second kappa shape index (κ2) is 6.99. The molecule has 1 aromatic carbocycles. The summed E-state index contributed by atoms with van der Waals surface area (Å²) in [7, 11) is -2.33. The summed E-state index contributed by atoms with van der Waals surface area (Å²) < 4.78 is 38.6. The van der Waals surface area contributed by atoms with E-state index in [0.717, 1.165) is 22.0 Å². The van der Waals surface area contributed by atoms with Gasteiger partial charge in [0.15, 0.2) is 0 Å². The third kappa shape index (κ3) is 3.92. The van der Waals surface area contributed by atoms with Crippen LogP contribution in [0.25, 0.3) is 11.3 Å². The first kappa shape index (κ1) is 17.7. The number of benzene rings is 1. The molecule has 0 aliphatic heterocycles. The van der Waals surface area contributed by atoms with Crippen LogP contribution in [0.15, 0.2) is 45.0 Å². The molecule has 0 aliphatic rings. The number of aromatic nitrogens is 1. The summed E-state index contributed by atoms with van der Waals surface area (Å²) >= 11 is 1.51. The van der Waals surface area contributed by atoms with Crippen molar-refractivity contribution >= 4 is 21.4 Å². The van der Waals surface area contributed by atoms with E-state index in [2.05, 4.69) is 9.71 Å². The fraction of sp³-hybridized carbons (Fsp3) is 0.235. The molecule has 0 radical (unpaired) electrons. The Morgan fingerprint density at radius 2 is 2.04 bits per heavy atom. The Labute approximate surface area is 150 Å².